The van der Waals surface area contributed by atoms with Crippen molar-refractivity contribution in [2.24, 2.45) is 5.92 Å². The van der Waals surface area contributed by atoms with Gasteiger partial charge < -0.3 is 10.0 Å². The molecule has 4 nitrogen and oxygen atoms in total. The number of carboxylic acid groups (broad SMARTS) is 1. The quantitative estimate of drug-likeness (QED) is 0.736. The van der Waals surface area contributed by atoms with Crippen LogP contribution in [0, 0.1) is 5.92 Å². The van der Waals surface area contributed by atoms with Gasteiger partial charge in [0.05, 0.1) is 11.3 Å². The molecule has 0 spiro atoms. The van der Waals surface area contributed by atoms with E-state index in [4.69, 9.17) is 5.11 Å². The Hall–Kier alpha value is -1.20. The molecule has 0 amide bonds. The van der Waals surface area contributed by atoms with Crippen molar-refractivity contribution in [3.8, 4) is 0 Å². The molecule has 1 atom stereocenters. The van der Waals surface area contributed by atoms with Gasteiger partial charge in [0.15, 0.2) is 5.78 Å². The molecule has 18 heavy (non-hydrogen) atoms. The summed E-state index contributed by atoms with van der Waals surface area (Å²) >= 11 is 1.37. The lowest BCUT2D eigenvalue weighted by Gasteiger charge is -2.23. The van der Waals surface area contributed by atoms with E-state index < -0.39 is 11.9 Å². The number of ketones is 1. The van der Waals surface area contributed by atoms with Crippen LogP contribution in [0.3, 0.4) is 0 Å². The van der Waals surface area contributed by atoms with Gasteiger partial charge in [-0.3, -0.25) is 9.59 Å². The SMILES string of the molecule is CCN(CC)CC(CC(=O)O)C(=O)c1cccs1. The van der Waals surface area contributed by atoms with Crippen LogP contribution in [0.1, 0.15) is 29.9 Å². The summed E-state index contributed by atoms with van der Waals surface area (Å²) in [6.45, 7) is 6.18. The molecule has 0 bridgehead atoms. The molecule has 1 unspecified atom stereocenters. The molecule has 0 aliphatic carbocycles. The Bertz CT molecular complexity index is 385. The van der Waals surface area contributed by atoms with Crippen LogP contribution < -0.4 is 0 Å². The molecule has 1 heterocycles. The second-order valence-corrected chi connectivity index (χ2v) is 5.07. The molecule has 0 saturated carbocycles. The van der Waals surface area contributed by atoms with Gasteiger partial charge in [0.25, 0.3) is 0 Å². The average Bonchev–Trinajstić information content (AvgIpc) is 2.86. The zero-order chi connectivity index (χ0) is 13.5. The molecule has 5 heteroatoms. The van der Waals surface area contributed by atoms with Gasteiger partial charge in [-0.05, 0) is 24.5 Å². The minimum atomic E-state index is -0.919. The number of Topliss-reactive ketones (excluding diaryl/α,β-unsaturated/α-hetero) is 1. The van der Waals surface area contributed by atoms with E-state index in [-0.39, 0.29) is 12.2 Å². The van der Waals surface area contributed by atoms with E-state index in [1.807, 2.05) is 25.3 Å². The third-order valence-corrected chi connectivity index (χ3v) is 3.81. The Morgan fingerprint density at radius 2 is 2.06 bits per heavy atom. The maximum absolute atomic E-state index is 12.2. The first kappa shape index (κ1) is 14.9. The summed E-state index contributed by atoms with van der Waals surface area (Å²) in [7, 11) is 0. The first-order chi connectivity index (χ1) is 8.58. The van der Waals surface area contributed by atoms with Crippen LogP contribution in [0.15, 0.2) is 17.5 Å². The van der Waals surface area contributed by atoms with Crippen LogP contribution in [0.4, 0.5) is 0 Å². The maximum Gasteiger partial charge on any atom is 0.304 e. The van der Waals surface area contributed by atoms with Crippen molar-refractivity contribution >= 4 is 23.1 Å². The Labute approximate surface area is 111 Å². The Kier molecular flexibility index (Phi) is 6.01. The van der Waals surface area contributed by atoms with Gasteiger partial charge in [-0.2, -0.15) is 0 Å². The molecular formula is C13H19NO3S. The van der Waals surface area contributed by atoms with Gasteiger partial charge in [-0.25, -0.2) is 0 Å². The van der Waals surface area contributed by atoms with Crippen LogP contribution in [0.5, 0.6) is 0 Å². The third kappa shape index (κ3) is 4.23. The van der Waals surface area contributed by atoms with Gasteiger partial charge >= 0.3 is 5.97 Å². The average molecular weight is 269 g/mol. The lowest BCUT2D eigenvalue weighted by Crippen LogP contribution is -2.34. The van der Waals surface area contributed by atoms with Gasteiger partial charge in [0.1, 0.15) is 0 Å². The molecule has 0 aliphatic rings. The van der Waals surface area contributed by atoms with Gasteiger partial charge in [0.2, 0.25) is 0 Å². The molecule has 0 radical (unpaired) electrons. The molecule has 1 N–H and O–H groups in total. The molecule has 1 aromatic heterocycles. The maximum atomic E-state index is 12.2. The largest absolute Gasteiger partial charge is 0.481 e. The summed E-state index contributed by atoms with van der Waals surface area (Å²) in [6, 6.07) is 3.57. The molecule has 0 saturated heterocycles. The van der Waals surface area contributed by atoms with Gasteiger partial charge in [-0.15, -0.1) is 11.3 Å². The van der Waals surface area contributed by atoms with Crippen molar-refractivity contribution in [3.05, 3.63) is 22.4 Å². The van der Waals surface area contributed by atoms with Crippen molar-refractivity contribution in [1.82, 2.24) is 4.90 Å². The number of hydrogen-bond acceptors (Lipinski definition) is 4. The Balaban J connectivity index is 2.77. The van der Waals surface area contributed by atoms with Crippen molar-refractivity contribution in [2.45, 2.75) is 20.3 Å². The third-order valence-electron chi connectivity index (χ3n) is 2.93. The number of carboxylic acids is 1. The molecule has 0 aromatic carbocycles. The summed E-state index contributed by atoms with van der Waals surface area (Å²) in [5, 5.41) is 10.8. The fourth-order valence-corrected chi connectivity index (χ4v) is 2.61. The monoisotopic (exact) mass is 269 g/mol. The predicted molar refractivity (Wildman–Crippen MR) is 72.2 cm³/mol. The van der Waals surface area contributed by atoms with Crippen molar-refractivity contribution < 1.29 is 14.7 Å². The zero-order valence-corrected chi connectivity index (χ0v) is 11.6. The van der Waals surface area contributed by atoms with Crippen LogP contribution in [0.25, 0.3) is 0 Å². The smallest absolute Gasteiger partial charge is 0.304 e. The highest BCUT2D eigenvalue weighted by molar-refractivity contribution is 7.12. The highest BCUT2D eigenvalue weighted by Gasteiger charge is 2.25. The summed E-state index contributed by atoms with van der Waals surface area (Å²) in [4.78, 5) is 25.8. The molecule has 100 valence electrons. The number of nitrogens with zero attached hydrogens (tertiary/aromatic N) is 1. The number of thiophene rings is 1. The van der Waals surface area contributed by atoms with E-state index in [1.165, 1.54) is 11.3 Å². The lowest BCUT2D eigenvalue weighted by atomic mass is 9.98. The van der Waals surface area contributed by atoms with E-state index in [2.05, 4.69) is 4.90 Å². The fraction of sp³-hybridized carbons (Fsp3) is 0.538. The normalized spacial score (nSPS) is 12.6. The Morgan fingerprint density at radius 1 is 1.39 bits per heavy atom. The van der Waals surface area contributed by atoms with Crippen LogP contribution in [-0.2, 0) is 4.79 Å². The second kappa shape index (κ2) is 7.28. The first-order valence-corrected chi connectivity index (χ1v) is 6.98. The molecule has 1 aromatic rings. The summed E-state index contributed by atoms with van der Waals surface area (Å²) < 4.78 is 0. The summed E-state index contributed by atoms with van der Waals surface area (Å²) in [5.74, 6) is -1.43. The summed E-state index contributed by atoms with van der Waals surface area (Å²) in [5.41, 5.74) is 0. The zero-order valence-electron chi connectivity index (χ0n) is 10.8. The highest BCUT2D eigenvalue weighted by atomic mass is 32.1. The van der Waals surface area contributed by atoms with Crippen molar-refractivity contribution in [2.75, 3.05) is 19.6 Å². The lowest BCUT2D eigenvalue weighted by molar-refractivity contribution is -0.137. The minimum Gasteiger partial charge on any atom is -0.481 e. The number of carbonyl (C=O) groups is 2. The highest BCUT2D eigenvalue weighted by Crippen LogP contribution is 2.18. The van der Waals surface area contributed by atoms with Gasteiger partial charge in [-0.1, -0.05) is 19.9 Å². The first-order valence-electron chi connectivity index (χ1n) is 6.10. The standard InChI is InChI=1S/C13H19NO3S/c1-3-14(4-2)9-10(8-12(15)16)13(17)11-6-5-7-18-11/h5-7,10H,3-4,8-9H2,1-2H3,(H,15,16). The minimum absolute atomic E-state index is 0.0562. The fourth-order valence-electron chi connectivity index (χ4n) is 1.86. The van der Waals surface area contributed by atoms with E-state index in [1.54, 1.807) is 6.07 Å². The van der Waals surface area contributed by atoms with Crippen molar-refractivity contribution in [1.29, 1.82) is 0 Å². The van der Waals surface area contributed by atoms with E-state index >= 15 is 0 Å². The van der Waals surface area contributed by atoms with Crippen molar-refractivity contribution in [3.63, 3.8) is 0 Å². The number of rotatable bonds is 8. The van der Waals surface area contributed by atoms with E-state index in [0.29, 0.717) is 11.4 Å². The molecule has 0 aliphatic heterocycles. The van der Waals surface area contributed by atoms with Gasteiger partial charge in [0, 0.05) is 12.5 Å². The number of hydrogen-bond donors (Lipinski definition) is 1. The second-order valence-electron chi connectivity index (χ2n) is 4.12. The van der Waals surface area contributed by atoms with Crippen LogP contribution in [0.2, 0.25) is 0 Å². The molecular weight excluding hydrogens is 250 g/mol. The van der Waals surface area contributed by atoms with Crippen LogP contribution in [-0.4, -0.2) is 41.4 Å². The summed E-state index contributed by atoms with van der Waals surface area (Å²) in [6.07, 6.45) is -0.104. The molecule has 0 fully saturated rings. The predicted octanol–water partition coefficient (Wildman–Crippen LogP) is 2.36. The topological polar surface area (TPSA) is 57.6 Å². The van der Waals surface area contributed by atoms with Crippen LogP contribution >= 0.6 is 11.3 Å². The Morgan fingerprint density at radius 3 is 2.50 bits per heavy atom. The number of carbonyl (C=O) groups excluding carboxylic acids is 1. The molecule has 1 rings (SSSR count). The van der Waals surface area contributed by atoms with E-state index in [9.17, 15) is 9.59 Å². The number of aliphatic carboxylic acids is 1. The van der Waals surface area contributed by atoms with E-state index in [0.717, 1.165) is 13.1 Å².